The first kappa shape index (κ1) is 23.9. The van der Waals surface area contributed by atoms with Crippen molar-refractivity contribution in [3.8, 4) is 11.5 Å². The number of fused-ring (bicyclic) bond motifs is 3. The summed E-state index contributed by atoms with van der Waals surface area (Å²) < 4.78 is 5.59. The fourth-order valence-corrected chi connectivity index (χ4v) is 7.40. The minimum Gasteiger partial charge on any atom is -0.508 e. The van der Waals surface area contributed by atoms with Crippen LogP contribution >= 0.6 is 0 Å². The van der Waals surface area contributed by atoms with Gasteiger partial charge in [0, 0.05) is 40.3 Å². The van der Waals surface area contributed by atoms with E-state index in [0.717, 1.165) is 37.7 Å². The van der Waals surface area contributed by atoms with E-state index in [1.165, 1.54) is 19.3 Å². The van der Waals surface area contributed by atoms with Crippen molar-refractivity contribution in [1.29, 1.82) is 0 Å². The number of ketones is 2. The summed E-state index contributed by atoms with van der Waals surface area (Å²) in [6.45, 7) is 1.64. The molecule has 1 aliphatic heterocycles. The number of hydrogen-bond acceptors (Lipinski definition) is 6. The Hall–Kier alpha value is -3.48. The number of rotatable bonds is 3. The van der Waals surface area contributed by atoms with Gasteiger partial charge < -0.3 is 9.84 Å². The van der Waals surface area contributed by atoms with E-state index < -0.39 is 17.8 Å². The van der Waals surface area contributed by atoms with Gasteiger partial charge in [-0.15, -0.1) is 0 Å². The highest BCUT2D eigenvalue weighted by Crippen LogP contribution is 2.56. The van der Waals surface area contributed by atoms with Crippen LogP contribution in [0.4, 0.5) is 0 Å². The summed E-state index contributed by atoms with van der Waals surface area (Å²) in [6, 6.07) is 4.71. The maximum atomic E-state index is 13.9. The van der Waals surface area contributed by atoms with Gasteiger partial charge in [0.15, 0.2) is 11.6 Å². The van der Waals surface area contributed by atoms with Crippen molar-refractivity contribution in [2.75, 3.05) is 7.11 Å². The molecule has 192 valence electrons. The van der Waals surface area contributed by atoms with E-state index in [4.69, 9.17) is 4.74 Å². The molecule has 4 atom stereocenters. The molecule has 7 heteroatoms. The van der Waals surface area contributed by atoms with Crippen molar-refractivity contribution >= 4 is 23.4 Å². The Kier molecular flexibility index (Phi) is 5.70. The number of phenolic OH excluding ortho intramolecular Hbond substituents is 1. The van der Waals surface area contributed by atoms with Gasteiger partial charge in [-0.3, -0.25) is 24.1 Å². The van der Waals surface area contributed by atoms with Gasteiger partial charge in [0.25, 0.3) is 0 Å². The molecule has 0 bridgehead atoms. The first-order valence-corrected chi connectivity index (χ1v) is 13.3. The van der Waals surface area contributed by atoms with Gasteiger partial charge in [-0.05, 0) is 50.7 Å². The predicted molar refractivity (Wildman–Crippen MR) is 135 cm³/mol. The van der Waals surface area contributed by atoms with Crippen LogP contribution in [0.3, 0.4) is 0 Å². The number of hydrogen-bond donors (Lipinski definition) is 1. The predicted octanol–water partition coefficient (Wildman–Crippen LogP) is 4.16. The minimum atomic E-state index is -0.585. The Morgan fingerprint density at radius 1 is 1.00 bits per heavy atom. The largest absolute Gasteiger partial charge is 0.508 e. The molecule has 6 rings (SSSR count). The van der Waals surface area contributed by atoms with Crippen LogP contribution in [0.5, 0.6) is 11.5 Å². The minimum absolute atomic E-state index is 0.0290. The molecule has 0 spiro atoms. The Morgan fingerprint density at radius 3 is 2.49 bits per heavy atom. The maximum Gasteiger partial charge on any atom is 0.233 e. The molecule has 37 heavy (non-hydrogen) atoms. The molecule has 7 nitrogen and oxygen atoms in total. The zero-order chi connectivity index (χ0) is 26.0. The number of methoxy groups -OCH3 is 1. The molecule has 4 aliphatic carbocycles. The lowest BCUT2D eigenvalue weighted by molar-refractivity contribution is -0.143. The number of aromatic hydroxyl groups is 1. The van der Waals surface area contributed by atoms with Gasteiger partial charge >= 0.3 is 0 Å². The van der Waals surface area contributed by atoms with E-state index in [0.29, 0.717) is 34.5 Å². The third-order valence-electron chi connectivity index (χ3n) is 9.06. The molecule has 4 unspecified atom stereocenters. The van der Waals surface area contributed by atoms with Crippen molar-refractivity contribution < 1.29 is 29.0 Å². The van der Waals surface area contributed by atoms with Gasteiger partial charge in [-0.25, -0.2) is 0 Å². The van der Waals surface area contributed by atoms with E-state index in [-0.39, 0.29) is 47.5 Å². The number of carbonyl (C=O) groups is 4. The summed E-state index contributed by atoms with van der Waals surface area (Å²) in [7, 11) is 1.50. The second-order valence-electron chi connectivity index (χ2n) is 11.0. The molecule has 1 saturated carbocycles. The van der Waals surface area contributed by atoms with Crippen molar-refractivity contribution in [2.45, 2.75) is 63.8 Å². The number of nitrogens with zero attached hydrogens (tertiary/aromatic N) is 1. The molecular weight excluding hydrogens is 470 g/mol. The first-order valence-electron chi connectivity index (χ1n) is 13.3. The topological polar surface area (TPSA) is 101 Å². The number of imide groups is 1. The van der Waals surface area contributed by atoms with Crippen molar-refractivity contribution in [1.82, 2.24) is 4.90 Å². The van der Waals surface area contributed by atoms with Crippen LogP contribution in [0.25, 0.3) is 0 Å². The summed E-state index contributed by atoms with van der Waals surface area (Å²) in [6.07, 6.45) is 8.98. The van der Waals surface area contributed by atoms with E-state index in [2.05, 4.69) is 0 Å². The SMILES string of the molecule is COc1cc(O)ccc1C1C2=CCC3C(=O)N(C4CCCCC4)C(=O)C3C2CC2=C1C(=O)C=C(C)C2=O. The summed E-state index contributed by atoms with van der Waals surface area (Å²) in [5, 5.41) is 10.1. The molecular formula is C30H31NO6. The van der Waals surface area contributed by atoms with Crippen LogP contribution in [0.15, 0.2) is 52.6 Å². The van der Waals surface area contributed by atoms with Crippen LogP contribution < -0.4 is 4.74 Å². The smallest absolute Gasteiger partial charge is 0.233 e. The lowest BCUT2D eigenvalue weighted by atomic mass is 9.59. The number of benzene rings is 1. The van der Waals surface area contributed by atoms with Crippen LogP contribution in [-0.2, 0) is 19.2 Å². The molecule has 5 aliphatic rings. The third-order valence-corrected chi connectivity index (χ3v) is 9.06. The van der Waals surface area contributed by atoms with Crippen molar-refractivity contribution in [3.05, 3.63) is 58.2 Å². The van der Waals surface area contributed by atoms with E-state index >= 15 is 0 Å². The number of phenols is 1. The Bertz CT molecular complexity index is 1330. The molecule has 1 saturated heterocycles. The fourth-order valence-electron chi connectivity index (χ4n) is 7.40. The number of allylic oxidation sites excluding steroid dienone is 6. The van der Waals surface area contributed by atoms with Gasteiger partial charge in [0.1, 0.15) is 11.5 Å². The lowest BCUT2D eigenvalue weighted by Crippen LogP contribution is -2.43. The number of Topliss-reactive ketones (excluding diaryl/α,β-unsaturated/α-hetero) is 1. The van der Waals surface area contributed by atoms with E-state index in [1.807, 2.05) is 6.08 Å². The molecule has 2 amide bonds. The summed E-state index contributed by atoms with van der Waals surface area (Å²) >= 11 is 0. The number of likely N-dealkylation sites (tertiary alicyclic amines) is 1. The quantitative estimate of drug-likeness (QED) is 0.379. The van der Waals surface area contributed by atoms with Gasteiger partial charge in [0.05, 0.1) is 18.9 Å². The monoisotopic (exact) mass is 501 g/mol. The van der Waals surface area contributed by atoms with E-state index in [1.54, 1.807) is 24.0 Å². The number of carbonyl (C=O) groups excluding carboxylic acids is 4. The second-order valence-corrected chi connectivity index (χ2v) is 11.0. The average Bonchev–Trinajstić information content (AvgIpc) is 3.16. The highest BCUT2D eigenvalue weighted by molar-refractivity contribution is 6.23. The molecule has 2 fully saturated rings. The van der Waals surface area contributed by atoms with Crippen LogP contribution in [0, 0.1) is 17.8 Å². The second kappa shape index (κ2) is 8.82. The first-order chi connectivity index (χ1) is 17.8. The molecule has 0 aromatic heterocycles. The maximum absolute atomic E-state index is 13.9. The normalized spacial score (nSPS) is 30.1. The van der Waals surface area contributed by atoms with E-state index in [9.17, 15) is 24.3 Å². The Morgan fingerprint density at radius 2 is 1.76 bits per heavy atom. The molecule has 1 aromatic carbocycles. The molecule has 1 aromatic rings. The van der Waals surface area contributed by atoms with Crippen LogP contribution in [0.1, 0.15) is 63.4 Å². The van der Waals surface area contributed by atoms with Gasteiger partial charge in [0.2, 0.25) is 11.8 Å². The third kappa shape index (κ3) is 3.54. The van der Waals surface area contributed by atoms with Crippen molar-refractivity contribution in [2.24, 2.45) is 17.8 Å². The fraction of sp³-hybridized carbons (Fsp3) is 0.467. The molecule has 1 N–H and O–H groups in total. The Labute approximate surface area is 215 Å². The average molecular weight is 502 g/mol. The summed E-state index contributed by atoms with van der Waals surface area (Å²) in [5.74, 6) is -2.08. The highest BCUT2D eigenvalue weighted by Gasteiger charge is 2.57. The van der Waals surface area contributed by atoms with Crippen molar-refractivity contribution in [3.63, 3.8) is 0 Å². The molecule has 0 radical (unpaired) electrons. The summed E-state index contributed by atoms with van der Waals surface area (Å²) in [4.78, 5) is 55.8. The highest BCUT2D eigenvalue weighted by atomic mass is 16.5. The zero-order valence-corrected chi connectivity index (χ0v) is 21.2. The van der Waals surface area contributed by atoms with Gasteiger partial charge in [-0.1, -0.05) is 37.0 Å². The summed E-state index contributed by atoms with van der Waals surface area (Å²) in [5.41, 5.74) is 2.80. The van der Waals surface area contributed by atoms with Gasteiger partial charge in [-0.2, -0.15) is 0 Å². The molecule has 1 heterocycles. The van der Waals surface area contributed by atoms with Crippen LogP contribution in [0.2, 0.25) is 0 Å². The zero-order valence-electron chi connectivity index (χ0n) is 21.2. The standard InChI is InChI=1S/C30H31NO6/c1-15-12-23(33)27-22(28(15)34)14-21-18(25(27)19-9-8-17(32)13-24(19)37-2)10-11-20-26(21)30(36)31(29(20)35)16-6-4-3-5-7-16/h8-10,12-13,16,20-21,25-26,32H,3-7,11,14H2,1-2H3. The van der Waals surface area contributed by atoms with Crippen LogP contribution in [-0.4, -0.2) is 46.5 Å². The number of amides is 2. The number of ether oxygens (including phenoxy) is 1. The Balaban J connectivity index is 1.48. The lowest BCUT2D eigenvalue weighted by Gasteiger charge is -2.42.